The summed E-state index contributed by atoms with van der Waals surface area (Å²) in [4.78, 5) is 3.14. The molecule has 80 valence electrons. The fraction of sp³-hybridized carbons (Fsp3) is 0.0833. The Morgan fingerprint density at radius 3 is 2.62 bits per heavy atom. The van der Waals surface area contributed by atoms with Gasteiger partial charge in [-0.05, 0) is 40.6 Å². The van der Waals surface area contributed by atoms with Crippen LogP contribution in [0.2, 0.25) is 0 Å². The van der Waals surface area contributed by atoms with Gasteiger partial charge >= 0.3 is 0 Å². The standard InChI is InChI=1S/C12H10N2S2/c13-8-10-3-5-11(6-4-10)9-15-16-12-2-1-7-14-12/h1-7,14H,9H2. The molecule has 16 heavy (non-hydrogen) atoms. The molecule has 0 aliphatic carbocycles. The molecule has 0 saturated carbocycles. The Hall–Kier alpha value is -1.31. The first-order chi connectivity index (χ1) is 7.88. The molecule has 0 spiro atoms. The molecule has 1 heterocycles. The van der Waals surface area contributed by atoms with Crippen molar-refractivity contribution < 1.29 is 0 Å². The van der Waals surface area contributed by atoms with Crippen LogP contribution in [-0.4, -0.2) is 4.98 Å². The lowest BCUT2D eigenvalue weighted by Gasteiger charge is -1.99. The largest absolute Gasteiger partial charge is 0.356 e. The zero-order chi connectivity index (χ0) is 11.2. The van der Waals surface area contributed by atoms with Gasteiger partial charge < -0.3 is 4.98 Å². The lowest BCUT2D eigenvalue weighted by molar-refractivity contribution is 1.21. The second-order valence-corrected chi connectivity index (χ2v) is 5.53. The highest BCUT2D eigenvalue weighted by atomic mass is 33.1. The van der Waals surface area contributed by atoms with Crippen molar-refractivity contribution in [2.24, 2.45) is 0 Å². The SMILES string of the molecule is N#Cc1ccc(CSSc2ccc[nH]2)cc1. The molecule has 1 N–H and O–H groups in total. The molecule has 0 aliphatic heterocycles. The third-order valence-corrected chi connectivity index (χ3v) is 4.28. The molecule has 0 bridgehead atoms. The topological polar surface area (TPSA) is 39.6 Å². The number of H-pyrrole nitrogens is 1. The van der Waals surface area contributed by atoms with E-state index in [2.05, 4.69) is 17.1 Å². The van der Waals surface area contributed by atoms with Crippen LogP contribution in [-0.2, 0) is 5.75 Å². The van der Waals surface area contributed by atoms with Gasteiger partial charge in [-0.2, -0.15) is 5.26 Å². The summed E-state index contributed by atoms with van der Waals surface area (Å²) in [5.74, 6) is 0.940. The highest BCUT2D eigenvalue weighted by Crippen LogP contribution is 2.32. The van der Waals surface area contributed by atoms with E-state index in [1.54, 1.807) is 21.6 Å². The van der Waals surface area contributed by atoms with E-state index in [1.165, 1.54) is 10.6 Å². The molecule has 0 atom stereocenters. The minimum atomic E-state index is 0.714. The summed E-state index contributed by atoms with van der Waals surface area (Å²) in [7, 11) is 3.51. The first-order valence-electron chi connectivity index (χ1n) is 4.80. The van der Waals surface area contributed by atoms with E-state index in [9.17, 15) is 0 Å². The number of nitrogens with one attached hydrogen (secondary N) is 1. The highest BCUT2D eigenvalue weighted by molar-refractivity contribution is 8.76. The Kier molecular flexibility index (Phi) is 3.97. The zero-order valence-electron chi connectivity index (χ0n) is 8.51. The van der Waals surface area contributed by atoms with E-state index in [4.69, 9.17) is 5.26 Å². The van der Waals surface area contributed by atoms with Crippen LogP contribution >= 0.6 is 21.6 Å². The maximum atomic E-state index is 8.67. The third-order valence-electron chi connectivity index (χ3n) is 2.03. The molecule has 0 saturated heterocycles. The van der Waals surface area contributed by atoms with Crippen LogP contribution in [0.1, 0.15) is 11.1 Å². The average Bonchev–Trinajstić information content (AvgIpc) is 2.83. The van der Waals surface area contributed by atoms with Gasteiger partial charge in [0.15, 0.2) is 0 Å². The normalized spacial score (nSPS) is 9.94. The molecule has 0 amide bonds. The van der Waals surface area contributed by atoms with Crippen LogP contribution in [0, 0.1) is 11.3 Å². The van der Waals surface area contributed by atoms with E-state index >= 15 is 0 Å². The van der Waals surface area contributed by atoms with Gasteiger partial charge in [-0.25, -0.2) is 0 Å². The highest BCUT2D eigenvalue weighted by Gasteiger charge is 1.97. The quantitative estimate of drug-likeness (QED) is 0.833. The van der Waals surface area contributed by atoms with Crippen LogP contribution < -0.4 is 0 Å². The summed E-state index contributed by atoms with van der Waals surface area (Å²) in [6.07, 6.45) is 1.92. The summed E-state index contributed by atoms with van der Waals surface area (Å²) in [5, 5.41) is 9.83. The van der Waals surface area contributed by atoms with Crippen LogP contribution in [0.4, 0.5) is 0 Å². The van der Waals surface area contributed by atoms with Crippen LogP contribution in [0.25, 0.3) is 0 Å². The van der Waals surface area contributed by atoms with Crippen LogP contribution in [0.15, 0.2) is 47.6 Å². The van der Waals surface area contributed by atoms with Gasteiger partial charge in [-0.1, -0.05) is 22.9 Å². The van der Waals surface area contributed by atoms with Gasteiger partial charge in [-0.15, -0.1) is 0 Å². The smallest absolute Gasteiger partial charge is 0.0991 e. The van der Waals surface area contributed by atoms with Crippen molar-refractivity contribution >= 4 is 21.6 Å². The summed E-state index contributed by atoms with van der Waals surface area (Å²) in [6.45, 7) is 0. The van der Waals surface area contributed by atoms with Crippen molar-refractivity contribution in [3.05, 3.63) is 53.7 Å². The number of aromatic nitrogens is 1. The Balaban J connectivity index is 1.83. The van der Waals surface area contributed by atoms with E-state index in [0.717, 1.165) is 5.75 Å². The van der Waals surface area contributed by atoms with Gasteiger partial charge in [0.25, 0.3) is 0 Å². The van der Waals surface area contributed by atoms with E-state index in [-0.39, 0.29) is 0 Å². The summed E-state index contributed by atoms with van der Waals surface area (Å²) >= 11 is 0. The van der Waals surface area contributed by atoms with Crippen molar-refractivity contribution in [2.75, 3.05) is 0 Å². The number of hydrogen-bond donors (Lipinski definition) is 1. The van der Waals surface area contributed by atoms with Crippen molar-refractivity contribution in [2.45, 2.75) is 10.8 Å². The summed E-state index contributed by atoms with van der Waals surface area (Å²) < 4.78 is 0. The average molecular weight is 246 g/mol. The van der Waals surface area contributed by atoms with Crippen LogP contribution in [0.5, 0.6) is 0 Å². The Bertz CT molecular complexity index is 469. The maximum absolute atomic E-state index is 8.67. The molecule has 1 aromatic carbocycles. The lowest BCUT2D eigenvalue weighted by Crippen LogP contribution is -1.79. The first-order valence-corrected chi connectivity index (χ1v) is 7.12. The molecule has 0 radical (unpaired) electrons. The fourth-order valence-electron chi connectivity index (χ4n) is 1.20. The minimum absolute atomic E-state index is 0.714. The predicted octanol–water partition coefficient (Wildman–Crippen LogP) is 3.83. The van der Waals surface area contributed by atoms with E-state index < -0.39 is 0 Å². The number of aromatic amines is 1. The second kappa shape index (κ2) is 5.69. The second-order valence-electron chi connectivity index (χ2n) is 3.19. The van der Waals surface area contributed by atoms with Crippen molar-refractivity contribution in [1.82, 2.24) is 4.98 Å². The molecule has 0 aliphatic rings. The fourth-order valence-corrected chi connectivity index (χ4v) is 3.24. The first kappa shape index (κ1) is 11.2. The predicted molar refractivity (Wildman–Crippen MR) is 69.1 cm³/mol. The minimum Gasteiger partial charge on any atom is -0.356 e. The molecule has 2 nitrogen and oxygen atoms in total. The molecule has 4 heteroatoms. The Labute approximate surface area is 102 Å². The summed E-state index contributed by atoms with van der Waals surface area (Å²) in [5.41, 5.74) is 1.95. The zero-order valence-corrected chi connectivity index (χ0v) is 10.1. The molecule has 1 aromatic heterocycles. The van der Waals surface area contributed by atoms with Crippen molar-refractivity contribution in [1.29, 1.82) is 5.26 Å². The lowest BCUT2D eigenvalue weighted by atomic mass is 10.2. The van der Waals surface area contributed by atoms with Gasteiger partial charge in [0.05, 0.1) is 16.7 Å². The van der Waals surface area contributed by atoms with E-state index in [1.807, 2.05) is 36.5 Å². The monoisotopic (exact) mass is 246 g/mol. The van der Waals surface area contributed by atoms with Gasteiger partial charge in [0.1, 0.15) is 0 Å². The van der Waals surface area contributed by atoms with Gasteiger partial charge in [0.2, 0.25) is 0 Å². The van der Waals surface area contributed by atoms with E-state index in [0.29, 0.717) is 5.56 Å². The molecular formula is C12H10N2S2. The van der Waals surface area contributed by atoms with Crippen LogP contribution in [0.3, 0.4) is 0 Å². The molecule has 0 unspecified atom stereocenters. The Morgan fingerprint density at radius 1 is 1.19 bits per heavy atom. The van der Waals surface area contributed by atoms with Crippen molar-refractivity contribution in [3.63, 3.8) is 0 Å². The third kappa shape index (κ3) is 3.09. The number of rotatable bonds is 4. The van der Waals surface area contributed by atoms with Gasteiger partial charge in [0, 0.05) is 11.9 Å². The maximum Gasteiger partial charge on any atom is 0.0991 e. The number of hydrogen-bond acceptors (Lipinski definition) is 3. The van der Waals surface area contributed by atoms with Gasteiger partial charge in [-0.3, -0.25) is 0 Å². The number of benzene rings is 1. The number of nitriles is 1. The summed E-state index contributed by atoms with van der Waals surface area (Å²) in [6, 6.07) is 13.9. The van der Waals surface area contributed by atoms with Crippen molar-refractivity contribution in [3.8, 4) is 6.07 Å². The molecule has 2 rings (SSSR count). The number of nitrogens with zero attached hydrogens (tertiary/aromatic N) is 1. The Morgan fingerprint density at radius 2 is 2.00 bits per heavy atom. The molecule has 2 aromatic rings. The molecule has 0 fully saturated rings. The molecular weight excluding hydrogens is 236 g/mol.